The first-order valence-corrected chi connectivity index (χ1v) is 11.2. The first kappa shape index (κ1) is 23.5. The van der Waals surface area contributed by atoms with E-state index in [2.05, 4.69) is 0 Å². The minimum atomic E-state index is -0.277. The van der Waals surface area contributed by atoms with E-state index >= 15 is 0 Å². The van der Waals surface area contributed by atoms with Crippen molar-refractivity contribution in [2.24, 2.45) is 10.1 Å². The topological polar surface area (TPSA) is 57.3 Å². The van der Waals surface area contributed by atoms with Crippen LogP contribution in [0.4, 0.5) is 4.39 Å². The summed E-state index contributed by atoms with van der Waals surface area (Å²) in [5.41, 5.74) is 3.36. The Hall–Kier alpha value is -3.13. The van der Waals surface area contributed by atoms with Gasteiger partial charge in [-0.05, 0) is 50.1 Å². The molecule has 3 rings (SSSR count). The summed E-state index contributed by atoms with van der Waals surface area (Å²) in [5, 5.41) is 6.94. The molecule has 6 nitrogen and oxygen atoms in total. The van der Waals surface area contributed by atoms with E-state index in [0.717, 1.165) is 27.3 Å². The van der Waals surface area contributed by atoms with Crippen LogP contribution in [-0.2, 0) is 0 Å². The number of hydrogen-bond donors (Lipinski definition) is 0. The fraction of sp³-hybridized carbons (Fsp3) is 0.333. The Kier molecular flexibility index (Phi) is 7.69. The van der Waals surface area contributed by atoms with Crippen LogP contribution >= 0.6 is 11.3 Å². The maximum atomic E-state index is 13.4. The number of nitrogens with zero attached hydrogens (tertiary/aromatic N) is 3. The van der Waals surface area contributed by atoms with Gasteiger partial charge >= 0.3 is 0 Å². The molecule has 32 heavy (non-hydrogen) atoms. The van der Waals surface area contributed by atoms with Gasteiger partial charge in [-0.25, -0.2) is 9.07 Å². The first-order valence-electron chi connectivity index (χ1n) is 10.3. The molecule has 1 aromatic heterocycles. The largest absolute Gasteiger partial charge is 0.493 e. The highest BCUT2D eigenvalue weighted by Gasteiger charge is 2.17. The molecule has 0 saturated carbocycles. The number of aromatic nitrogens is 1. The van der Waals surface area contributed by atoms with Crippen molar-refractivity contribution in [2.45, 2.75) is 33.2 Å². The van der Waals surface area contributed by atoms with Crippen LogP contribution in [0.2, 0.25) is 0 Å². The van der Waals surface area contributed by atoms with Gasteiger partial charge in [0, 0.05) is 17.0 Å². The average Bonchev–Trinajstić information content (AvgIpc) is 3.18. The second-order valence-electron chi connectivity index (χ2n) is 7.26. The Balaban J connectivity index is 2.26. The van der Waals surface area contributed by atoms with E-state index in [4.69, 9.17) is 24.3 Å². The van der Waals surface area contributed by atoms with Crippen molar-refractivity contribution in [3.05, 3.63) is 58.0 Å². The highest BCUT2D eigenvalue weighted by atomic mass is 32.1. The first-order chi connectivity index (χ1) is 15.4. The predicted octanol–water partition coefficient (Wildman–Crippen LogP) is 5.35. The molecule has 0 atom stereocenters. The summed E-state index contributed by atoms with van der Waals surface area (Å²) in [5.74, 6) is 1.36. The molecule has 0 N–H and O–H groups in total. The number of thiazole rings is 1. The lowest BCUT2D eigenvalue weighted by atomic mass is 10.1. The molecule has 170 valence electrons. The van der Waals surface area contributed by atoms with Crippen molar-refractivity contribution in [1.82, 2.24) is 4.68 Å². The smallest absolute Gasteiger partial charge is 0.206 e. The van der Waals surface area contributed by atoms with Gasteiger partial charge in [0.2, 0.25) is 10.6 Å². The summed E-state index contributed by atoms with van der Waals surface area (Å²) in [6.45, 7) is 6.06. The lowest BCUT2D eigenvalue weighted by Gasteiger charge is -2.14. The molecule has 0 aliphatic carbocycles. The van der Waals surface area contributed by atoms with Gasteiger partial charge in [-0.15, -0.1) is 11.3 Å². The molecule has 0 bridgehead atoms. The van der Waals surface area contributed by atoms with E-state index in [1.54, 1.807) is 33.5 Å². The van der Waals surface area contributed by atoms with Gasteiger partial charge in [0.15, 0.2) is 11.5 Å². The van der Waals surface area contributed by atoms with Crippen LogP contribution in [0, 0.1) is 5.82 Å². The summed E-state index contributed by atoms with van der Waals surface area (Å²) in [7, 11) is 4.75. The Morgan fingerprint density at radius 3 is 2.16 bits per heavy atom. The number of ether oxygens (including phenoxy) is 3. The van der Waals surface area contributed by atoms with Crippen molar-refractivity contribution in [3.63, 3.8) is 0 Å². The number of rotatable bonds is 8. The van der Waals surface area contributed by atoms with E-state index in [1.165, 1.54) is 23.5 Å². The molecule has 3 aromatic rings. The molecule has 0 saturated heterocycles. The third kappa shape index (κ3) is 5.02. The number of halogens is 1. The Bertz CT molecular complexity index is 1140. The highest BCUT2D eigenvalue weighted by molar-refractivity contribution is 7.07. The molecular weight excluding hydrogens is 429 g/mol. The molecule has 0 unspecified atom stereocenters. The van der Waals surface area contributed by atoms with Crippen LogP contribution in [0.5, 0.6) is 17.2 Å². The summed E-state index contributed by atoms with van der Waals surface area (Å²) >= 11 is 1.50. The summed E-state index contributed by atoms with van der Waals surface area (Å²) in [4.78, 5) is 5.51. The van der Waals surface area contributed by atoms with Gasteiger partial charge in [0.25, 0.3) is 0 Å². The molecule has 8 heteroatoms. The lowest BCUT2D eigenvalue weighted by molar-refractivity contribution is 0.324. The van der Waals surface area contributed by atoms with Crippen molar-refractivity contribution in [1.29, 1.82) is 0 Å². The monoisotopic (exact) mass is 457 g/mol. The van der Waals surface area contributed by atoms with Crippen molar-refractivity contribution in [3.8, 4) is 28.5 Å². The third-order valence-corrected chi connectivity index (χ3v) is 5.58. The van der Waals surface area contributed by atoms with Crippen molar-refractivity contribution >= 4 is 17.0 Å². The van der Waals surface area contributed by atoms with Gasteiger partial charge in [-0.2, -0.15) is 5.10 Å². The summed E-state index contributed by atoms with van der Waals surface area (Å²) < 4.78 is 31.8. The Morgan fingerprint density at radius 2 is 1.66 bits per heavy atom. The van der Waals surface area contributed by atoms with Crippen molar-refractivity contribution < 1.29 is 18.6 Å². The molecule has 2 aromatic carbocycles. The Labute approximate surface area is 191 Å². The standard InChI is InChI=1S/C24H28FN3O3S/c1-7-19(16-8-10-18(25)11-9-16)27-28-20(14-32-24(28)26-15(2)3)17-12-21(29-4)23(31-6)22(13-17)30-5/h8-15H,7H2,1-6H3. The summed E-state index contributed by atoms with van der Waals surface area (Å²) in [6.07, 6.45) is 0.671. The number of benzene rings is 2. The zero-order valence-corrected chi connectivity index (χ0v) is 20.0. The maximum absolute atomic E-state index is 13.4. The normalized spacial score (nSPS) is 12.4. The second-order valence-corrected chi connectivity index (χ2v) is 8.10. The van der Waals surface area contributed by atoms with E-state index in [9.17, 15) is 4.39 Å². The SMILES string of the molecule is CCC(=Nn1c(-c2cc(OC)c(OC)c(OC)c2)csc1=NC(C)C)c1ccc(F)cc1. The van der Waals surface area contributed by atoms with Crippen LogP contribution in [0.15, 0.2) is 51.9 Å². The highest BCUT2D eigenvalue weighted by Crippen LogP contribution is 2.41. The zero-order valence-electron chi connectivity index (χ0n) is 19.2. The van der Waals surface area contributed by atoms with Gasteiger partial charge in [0.05, 0.1) is 32.7 Å². The quantitative estimate of drug-likeness (QED) is 0.428. The average molecular weight is 458 g/mol. The fourth-order valence-electron chi connectivity index (χ4n) is 3.23. The lowest BCUT2D eigenvalue weighted by Crippen LogP contribution is -2.17. The summed E-state index contributed by atoms with van der Waals surface area (Å²) in [6, 6.07) is 10.2. The molecule has 0 amide bonds. The van der Waals surface area contributed by atoms with Crippen molar-refractivity contribution in [2.75, 3.05) is 21.3 Å². The minimum Gasteiger partial charge on any atom is -0.493 e. The van der Waals surface area contributed by atoms with Gasteiger partial charge < -0.3 is 14.2 Å². The molecule has 0 aliphatic rings. The molecule has 0 radical (unpaired) electrons. The molecule has 0 spiro atoms. The van der Waals surface area contributed by atoms with E-state index < -0.39 is 0 Å². The molecular formula is C24H28FN3O3S. The van der Waals surface area contributed by atoms with Crippen LogP contribution < -0.4 is 19.0 Å². The Morgan fingerprint density at radius 1 is 1.03 bits per heavy atom. The third-order valence-electron chi connectivity index (χ3n) is 4.75. The predicted molar refractivity (Wildman–Crippen MR) is 127 cm³/mol. The van der Waals surface area contributed by atoms with E-state index in [0.29, 0.717) is 23.7 Å². The maximum Gasteiger partial charge on any atom is 0.206 e. The van der Waals surface area contributed by atoms with Crippen LogP contribution in [0.25, 0.3) is 11.3 Å². The van der Waals surface area contributed by atoms with Gasteiger partial charge in [0.1, 0.15) is 5.82 Å². The van der Waals surface area contributed by atoms with Crippen LogP contribution in [-0.4, -0.2) is 37.8 Å². The van der Waals surface area contributed by atoms with Crippen LogP contribution in [0.1, 0.15) is 32.8 Å². The molecule has 0 aliphatic heterocycles. The fourth-order valence-corrected chi connectivity index (χ4v) is 4.19. The molecule has 0 fully saturated rings. The second kappa shape index (κ2) is 10.5. The van der Waals surface area contributed by atoms with Gasteiger partial charge in [-0.1, -0.05) is 19.1 Å². The van der Waals surface area contributed by atoms with E-state index in [-0.39, 0.29) is 11.9 Å². The number of hydrogen-bond acceptors (Lipinski definition) is 6. The number of methoxy groups -OCH3 is 3. The van der Waals surface area contributed by atoms with E-state index in [1.807, 2.05) is 43.0 Å². The van der Waals surface area contributed by atoms with Gasteiger partial charge in [-0.3, -0.25) is 4.99 Å². The minimum absolute atomic E-state index is 0.0961. The molecule has 1 heterocycles. The van der Waals surface area contributed by atoms with Crippen LogP contribution in [0.3, 0.4) is 0 Å². The zero-order chi connectivity index (χ0) is 23.3.